The molecule has 0 aliphatic carbocycles. The van der Waals surface area contributed by atoms with Crippen molar-refractivity contribution in [3.63, 3.8) is 0 Å². The standard InChI is InChI=1S/C52H101NO11S/c1-3-5-7-9-11-13-14-15-16-17-18-19-20-21-22-23-24-25-26-27-28-29-30-31-32-34-36-38-40-42-48(56)53-45(46(55)41-39-37-35-33-12-10-8-6-4-2)44-62-52-50(58)51(64-65(59,60)61)49(57)47(43-54)63-52/h21-22,45-47,49-52,54-55,57-58H,3-20,23-44H2,1-2H3,(H,53,56)(H,59,60,61)/b22-21-. The summed E-state index contributed by atoms with van der Waals surface area (Å²) in [6, 6.07) is -0.853. The van der Waals surface area contributed by atoms with Crippen LogP contribution in [0.3, 0.4) is 0 Å². The fourth-order valence-corrected chi connectivity index (χ4v) is 9.38. The number of allylic oxidation sites excluding steroid dienone is 2. The highest BCUT2D eigenvalue weighted by atomic mass is 32.3. The van der Waals surface area contributed by atoms with Gasteiger partial charge in [0, 0.05) is 6.42 Å². The Morgan fingerprint density at radius 2 is 0.985 bits per heavy atom. The van der Waals surface area contributed by atoms with E-state index in [0.717, 1.165) is 51.4 Å². The number of unbranched alkanes of at least 4 members (excludes halogenated alkanes) is 33. The molecule has 0 saturated carbocycles. The molecule has 7 atom stereocenters. The van der Waals surface area contributed by atoms with Crippen LogP contribution in [0, 0.1) is 0 Å². The Morgan fingerprint density at radius 3 is 1.38 bits per heavy atom. The van der Waals surface area contributed by atoms with Crippen molar-refractivity contribution < 1.29 is 51.8 Å². The number of amides is 1. The second kappa shape index (κ2) is 42.9. The van der Waals surface area contributed by atoms with Gasteiger partial charge in [-0.15, -0.1) is 0 Å². The molecule has 1 heterocycles. The van der Waals surface area contributed by atoms with Crippen LogP contribution in [0.4, 0.5) is 0 Å². The average Bonchev–Trinajstić information content (AvgIpc) is 3.28. The number of hydrogen-bond acceptors (Lipinski definition) is 10. The Hall–Kier alpha value is -1.16. The average molecular weight is 948 g/mol. The van der Waals surface area contributed by atoms with E-state index < -0.39 is 59.9 Å². The van der Waals surface area contributed by atoms with Crippen molar-refractivity contribution in [2.75, 3.05) is 13.2 Å². The molecule has 386 valence electrons. The van der Waals surface area contributed by atoms with Crippen LogP contribution in [-0.4, -0.2) is 95.4 Å². The Morgan fingerprint density at radius 1 is 0.600 bits per heavy atom. The lowest BCUT2D eigenvalue weighted by Crippen LogP contribution is -2.61. The van der Waals surface area contributed by atoms with Gasteiger partial charge in [0.15, 0.2) is 6.29 Å². The van der Waals surface area contributed by atoms with Crippen molar-refractivity contribution in [2.45, 2.75) is 301 Å². The Kier molecular flexibility index (Phi) is 40.8. The van der Waals surface area contributed by atoms with E-state index in [4.69, 9.17) is 9.47 Å². The summed E-state index contributed by atoms with van der Waals surface area (Å²) in [6.45, 7) is 3.44. The molecule has 1 rings (SSSR count). The quantitative estimate of drug-likeness (QED) is 0.0193. The lowest BCUT2D eigenvalue weighted by atomic mass is 9.99. The van der Waals surface area contributed by atoms with E-state index >= 15 is 0 Å². The lowest BCUT2D eigenvalue weighted by Gasteiger charge is -2.41. The molecule has 1 aliphatic rings. The molecule has 0 aromatic carbocycles. The van der Waals surface area contributed by atoms with Crippen molar-refractivity contribution in [2.24, 2.45) is 0 Å². The summed E-state index contributed by atoms with van der Waals surface area (Å²) in [5, 5.41) is 44.8. The first-order chi connectivity index (χ1) is 31.5. The molecule has 1 saturated heterocycles. The third kappa shape index (κ3) is 35.6. The molecular formula is C52H101NO11S. The summed E-state index contributed by atoms with van der Waals surface area (Å²) >= 11 is 0. The van der Waals surface area contributed by atoms with Gasteiger partial charge in [-0.05, 0) is 38.5 Å². The number of aliphatic hydroxyl groups excluding tert-OH is 4. The van der Waals surface area contributed by atoms with Gasteiger partial charge in [0.1, 0.15) is 24.4 Å². The van der Waals surface area contributed by atoms with Crippen LogP contribution in [0.15, 0.2) is 12.2 Å². The summed E-state index contributed by atoms with van der Waals surface area (Å²) in [6.07, 6.45) is 41.1. The monoisotopic (exact) mass is 948 g/mol. The molecule has 0 aromatic rings. The van der Waals surface area contributed by atoms with Crippen LogP contribution in [0.1, 0.15) is 258 Å². The Balaban J connectivity index is 2.23. The zero-order valence-corrected chi connectivity index (χ0v) is 42.4. The molecule has 0 aromatic heterocycles. The Labute approximate surface area is 398 Å². The van der Waals surface area contributed by atoms with E-state index in [-0.39, 0.29) is 12.5 Å². The van der Waals surface area contributed by atoms with E-state index in [0.29, 0.717) is 12.8 Å². The second-order valence-electron chi connectivity index (χ2n) is 19.2. The van der Waals surface area contributed by atoms with Crippen LogP contribution < -0.4 is 5.32 Å². The SMILES string of the molecule is CCCCCCCCCCCCCC/C=C\CCCCCCCCCCCCCCCC(=O)NC(COC1OC(CO)C(O)C(OS(=O)(=O)O)C1O)C(O)CCCCCCCCCCC. The maximum atomic E-state index is 13.1. The van der Waals surface area contributed by atoms with Crippen molar-refractivity contribution in [1.29, 1.82) is 0 Å². The fraction of sp³-hybridized carbons (Fsp3) is 0.942. The molecule has 1 amide bonds. The summed E-state index contributed by atoms with van der Waals surface area (Å²) in [7, 11) is -5.07. The number of nitrogens with one attached hydrogen (secondary N) is 1. The third-order valence-electron chi connectivity index (χ3n) is 13.1. The molecule has 12 nitrogen and oxygen atoms in total. The van der Waals surface area contributed by atoms with Crippen LogP contribution in [-0.2, 0) is 28.9 Å². The van der Waals surface area contributed by atoms with Crippen molar-refractivity contribution in [1.82, 2.24) is 5.32 Å². The minimum Gasteiger partial charge on any atom is -0.394 e. The van der Waals surface area contributed by atoms with Crippen LogP contribution in [0.25, 0.3) is 0 Å². The van der Waals surface area contributed by atoms with Crippen molar-refractivity contribution >= 4 is 16.3 Å². The highest BCUT2D eigenvalue weighted by Crippen LogP contribution is 2.26. The molecule has 13 heteroatoms. The number of ether oxygens (including phenoxy) is 2. The van der Waals surface area contributed by atoms with Gasteiger partial charge in [-0.3, -0.25) is 9.35 Å². The molecule has 1 fully saturated rings. The molecule has 65 heavy (non-hydrogen) atoms. The molecule has 0 spiro atoms. The first-order valence-corrected chi connectivity index (χ1v) is 28.4. The van der Waals surface area contributed by atoms with Gasteiger partial charge in [0.25, 0.3) is 0 Å². The van der Waals surface area contributed by atoms with Crippen LogP contribution >= 0.6 is 0 Å². The summed E-state index contributed by atoms with van der Waals surface area (Å²) in [5.41, 5.74) is 0. The number of rotatable bonds is 47. The topological polar surface area (TPSA) is 192 Å². The van der Waals surface area contributed by atoms with Crippen molar-refractivity contribution in [3.05, 3.63) is 12.2 Å². The minimum absolute atomic E-state index is 0.229. The summed E-state index contributed by atoms with van der Waals surface area (Å²) in [4.78, 5) is 13.1. The first kappa shape index (κ1) is 61.9. The molecule has 1 aliphatic heterocycles. The summed E-state index contributed by atoms with van der Waals surface area (Å²) < 4.78 is 47.6. The maximum Gasteiger partial charge on any atom is 0.397 e. The first-order valence-electron chi connectivity index (χ1n) is 27.1. The normalized spacial score (nSPS) is 20.1. The maximum absolute atomic E-state index is 13.1. The molecule has 6 N–H and O–H groups in total. The fourth-order valence-electron chi connectivity index (χ4n) is 8.87. The predicted octanol–water partition coefficient (Wildman–Crippen LogP) is 11.9. The van der Waals surface area contributed by atoms with E-state index in [1.54, 1.807) is 0 Å². The van der Waals surface area contributed by atoms with Crippen LogP contribution in [0.5, 0.6) is 0 Å². The molecular weight excluding hydrogens is 847 g/mol. The van der Waals surface area contributed by atoms with Gasteiger partial charge in [0.05, 0.1) is 25.4 Å². The summed E-state index contributed by atoms with van der Waals surface area (Å²) in [5.74, 6) is -0.229. The smallest absolute Gasteiger partial charge is 0.394 e. The van der Waals surface area contributed by atoms with E-state index in [1.807, 2.05) is 0 Å². The van der Waals surface area contributed by atoms with E-state index in [2.05, 4.69) is 35.5 Å². The number of aliphatic hydroxyl groups is 4. The molecule has 7 unspecified atom stereocenters. The van der Waals surface area contributed by atoms with Gasteiger partial charge < -0.3 is 35.2 Å². The van der Waals surface area contributed by atoms with Crippen molar-refractivity contribution in [3.8, 4) is 0 Å². The van der Waals surface area contributed by atoms with E-state index in [9.17, 15) is 38.2 Å². The lowest BCUT2D eigenvalue weighted by molar-refractivity contribution is -0.298. The predicted molar refractivity (Wildman–Crippen MR) is 264 cm³/mol. The Bertz CT molecular complexity index is 1210. The molecule has 0 radical (unpaired) electrons. The largest absolute Gasteiger partial charge is 0.397 e. The molecule has 0 bridgehead atoms. The van der Waals surface area contributed by atoms with Gasteiger partial charge in [-0.1, -0.05) is 225 Å². The number of hydrogen-bond donors (Lipinski definition) is 6. The zero-order chi connectivity index (χ0) is 47.6. The third-order valence-corrected chi connectivity index (χ3v) is 13.5. The van der Waals surface area contributed by atoms with Gasteiger partial charge in [-0.25, -0.2) is 4.18 Å². The van der Waals surface area contributed by atoms with Gasteiger partial charge in [-0.2, -0.15) is 8.42 Å². The van der Waals surface area contributed by atoms with Crippen LogP contribution in [0.2, 0.25) is 0 Å². The van der Waals surface area contributed by atoms with Gasteiger partial charge >= 0.3 is 10.4 Å². The second-order valence-corrected chi connectivity index (χ2v) is 20.2. The van der Waals surface area contributed by atoms with E-state index in [1.165, 1.54) is 180 Å². The zero-order valence-electron chi connectivity index (χ0n) is 41.6. The highest BCUT2D eigenvalue weighted by molar-refractivity contribution is 7.80. The van der Waals surface area contributed by atoms with Gasteiger partial charge in [0.2, 0.25) is 5.91 Å². The number of carbonyl (C=O) groups excluding carboxylic acids is 1. The minimum atomic E-state index is -5.07. The highest BCUT2D eigenvalue weighted by Gasteiger charge is 2.48. The number of carbonyl (C=O) groups is 1.